The highest BCUT2D eigenvalue weighted by Crippen LogP contribution is 2.28. The molecule has 0 amide bonds. The zero-order valence-electron chi connectivity index (χ0n) is 11.8. The Hall–Kier alpha value is -1.73. The number of nitrogens with zero attached hydrogens (tertiary/aromatic N) is 3. The van der Waals surface area contributed by atoms with Gasteiger partial charge in [0.15, 0.2) is 0 Å². The van der Waals surface area contributed by atoms with E-state index in [0.717, 1.165) is 18.4 Å². The van der Waals surface area contributed by atoms with E-state index in [4.69, 9.17) is 4.52 Å². The van der Waals surface area contributed by atoms with Crippen LogP contribution in [0, 0.1) is 0 Å². The van der Waals surface area contributed by atoms with Gasteiger partial charge in [-0.3, -0.25) is 0 Å². The van der Waals surface area contributed by atoms with Crippen LogP contribution in [0.15, 0.2) is 34.9 Å². The Kier molecular flexibility index (Phi) is 3.77. The lowest BCUT2D eigenvalue weighted by atomic mass is 10.00. The molecule has 1 aromatic heterocycles. The maximum absolute atomic E-state index is 11.6. The molecule has 1 aliphatic heterocycles. The first-order valence-corrected chi connectivity index (χ1v) is 8.73. The lowest BCUT2D eigenvalue weighted by molar-refractivity contribution is 0.266. The Balaban J connectivity index is 1.80. The Morgan fingerprint density at radius 1 is 1.29 bits per heavy atom. The third kappa shape index (κ3) is 3.14. The number of hydrogen-bond acceptors (Lipinski definition) is 5. The molecule has 21 heavy (non-hydrogen) atoms. The molecule has 0 spiro atoms. The summed E-state index contributed by atoms with van der Waals surface area (Å²) in [6, 6.07) is 9.58. The molecule has 1 fully saturated rings. The van der Waals surface area contributed by atoms with E-state index in [9.17, 15) is 8.42 Å². The molecular weight excluding hydrogens is 290 g/mol. The predicted molar refractivity (Wildman–Crippen MR) is 78.1 cm³/mol. The van der Waals surface area contributed by atoms with Crippen molar-refractivity contribution in [1.82, 2.24) is 14.4 Å². The molecule has 1 atom stereocenters. The van der Waals surface area contributed by atoms with Crippen LogP contribution < -0.4 is 0 Å². The van der Waals surface area contributed by atoms with Gasteiger partial charge in [-0.2, -0.15) is 4.98 Å². The van der Waals surface area contributed by atoms with Gasteiger partial charge in [-0.1, -0.05) is 35.5 Å². The van der Waals surface area contributed by atoms with E-state index in [0.29, 0.717) is 24.8 Å². The van der Waals surface area contributed by atoms with E-state index in [1.165, 1.54) is 10.6 Å². The van der Waals surface area contributed by atoms with Gasteiger partial charge in [0, 0.05) is 18.7 Å². The maximum atomic E-state index is 11.6. The summed E-state index contributed by atoms with van der Waals surface area (Å²) < 4.78 is 30.1. The molecule has 0 aliphatic carbocycles. The van der Waals surface area contributed by atoms with Crippen LogP contribution in [0.2, 0.25) is 0 Å². The molecule has 0 saturated carbocycles. The fraction of sp³-hybridized carbons (Fsp3) is 0.429. The van der Waals surface area contributed by atoms with Crippen LogP contribution in [-0.2, 0) is 10.0 Å². The van der Waals surface area contributed by atoms with Gasteiger partial charge in [-0.15, -0.1) is 0 Å². The highest BCUT2D eigenvalue weighted by atomic mass is 32.2. The summed E-state index contributed by atoms with van der Waals surface area (Å²) in [5.41, 5.74) is 0.892. The topological polar surface area (TPSA) is 76.3 Å². The number of benzene rings is 1. The molecule has 3 rings (SSSR count). The van der Waals surface area contributed by atoms with E-state index in [1.807, 2.05) is 30.3 Å². The molecule has 0 N–H and O–H groups in total. The lowest BCUT2D eigenvalue weighted by Gasteiger charge is -2.28. The van der Waals surface area contributed by atoms with Crippen molar-refractivity contribution >= 4 is 10.0 Å². The number of hydrogen-bond donors (Lipinski definition) is 0. The summed E-state index contributed by atoms with van der Waals surface area (Å²) in [6.45, 7) is 0.976. The van der Waals surface area contributed by atoms with Crippen LogP contribution in [0.1, 0.15) is 24.7 Å². The van der Waals surface area contributed by atoms with Gasteiger partial charge >= 0.3 is 0 Å². The standard InChI is InChI=1S/C14H17N3O3S/c1-21(18,19)17-9-5-8-12(10-17)14-15-13(16-20-14)11-6-3-2-4-7-11/h2-4,6-7,12H,5,8-10H2,1H3. The Bertz CT molecular complexity index is 712. The average Bonchev–Trinajstić information content (AvgIpc) is 2.97. The number of rotatable bonds is 3. The molecule has 1 saturated heterocycles. The molecule has 1 unspecified atom stereocenters. The normalized spacial score (nSPS) is 20.5. The van der Waals surface area contributed by atoms with E-state index in [-0.39, 0.29) is 5.92 Å². The third-order valence-corrected chi connectivity index (χ3v) is 4.95. The van der Waals surface area contributed by atoms with Crippen molar-refractivity contribution in [2.24, 2.45) is 0 Å². The lowest BCUT2D eigenvalue weighted by Crippen LogP contribution is -2.38. The number of piperidine rings is 1. The fourth-order valence-corrected chi connectivity index (χ4v) is 3.46. The summed E-state index contributed by atoms with van der Waals surface area (Å²) in [5, 5.41) is 3.99. The molecule has 1 aliphatic rings. The summed E-state index contributed by atoms with van der Waals surface area (Å²) in [5.74, 6) is 1.03. The molecule has 1 aromatic carbocycles. The summed E-state index contributed by atoms with van der Waals surface area (Å²) in [7, 11) is -3.17. The average molecular weight is 307 g/mol. The zero-order valence-corrected chi connectivity index (χ0v) is 12.6. The van der Waals surface area contributed by atoms with Crippen molar-refractivity contribution in [1.29, 1.82) is 0 Å². The Morgan fingerprint density at radius 2 is 2.05 bits per heavy atom. The molecule has 0 bridgehead atoms. The first-order chi connectivity index (χ1) is 10.0. The summed E-state index contributed by atoms with van der Waals surface area (Å²) in [4.78, 5) is 4.42. The quantitative estimate of drug-likeness (QED) is 0.865. The van der Waals surface area contributed by atoms with Crippen LogP contribution in [0.3, 0.4) is 0 Å². The second kappa shape index (κ2) is 5.57. The summed E-state index contributed by atoms with van der Waals surface area (Å²) >= 11 is 0. The SMILES string of the molecule is CS(=O)(=O)N1CCCC(c2nc(-c3ccccc3)no2)C1. The zero-order chi connectivity index (χ0) is 14.9. The fourth-order valence-electron chi connectivity index (χ4n) is 2.55. The minimum absolute atomic E-state index is 0.0292. The van der Waals surface area contributed by atoms with Gasteiger partial charge in [-0.05, 0) is 12.8 Å². The van der Waals surface area contributed by atoms with Gasteiger partial charge in [0.1, 0.15) is 0 Å². The molecule has 7 heteroatoms. The number of aromatic nitrogens is 2. The molecule has 2 heterocycles. The van der Waals surface area contributed by atoms with Crippen molar-refractivity contribution < 1.29 is 12.9 Å². The van der Waals surface area contributed by atoms with Crippen LogP contribution in [0.4, 0.5) is 0 Å². The van der Waals surface area contributed by atoms with E-state index < -0.39 is 10.0 Å². The van der Waals surface area contributed by atoms with Crippen LogP contribution in [0.25, 0.3) is 11.4 Å². The van der Waals surface area contributed by atoms with Crippen molar-refractivity contribution in [2.45, 2.75) is 18.8 Å². The second-order valence-electron chi connectivity index (χ2n) is 5.28. The first-order valence-electron chi connectivity index (χ1n) is 6.88. The van der Waals surface area contributed by atoms with Gasteiger partial charge in [0.2, 0.25) is 21.7 Å². The minimum atomic E-state index is -3.17. The second-order valence-corrected chi connectivity index (χ2v) is 7.26. The smallest absolute Gasteiger partial charge is 0.231 e. The van der Waals surface area contributed by atoms with Gasteiger partial charge < -0.3 is 4.52 Å². The van der Waals surface area contributed by atoms with Crippen LogP contribution in [-0.4, -0.2) is 42.2 Å². The van der Waals surface area contributed by atoms with Gasteiger partial charge in [-0.25, -0.2) is 12.7 Å². The van der Waals surface area contributed by atoms with Crippen molar-refractivity contribution in [3.8, 4) is 11.4 Å². The van der Waals surface area contributed by atoms with Gasteiger partial charge in [0.05, 0.1) is 12.2 Å². The largest absolute Gasteiger partial charge is 0.339 e. The first kappa shape index (κ1) is 14.2. The molecule has 2 aromatic rings. The van der Waals surface area contributed by atoms with E-state index in [2.05, 4.69) is 10.1 Å². The van der Waals surface area contributed by atoms with Gasteiger partial charge in [0.25, 0.3) is 0 Å². The highest BCUT2D eigenvalue weighted by molar-refractivity contribution is 7.88. The van der Waals surface area contributed by atoms with Crippen LogP contribution >= 0.6 is 0 Å². The maximum Gasteiger partial charge on any atom is 0.231 e. The van der Waals surface area contributed by atoms with E-state index >= 15 is 0 Å². The van der Waals surface area contributed by atoms with Crippen molar-refractivity contribution in [3.05, 3.63) is 36.2 Å². The highest BCUT2D eigenvalue weighted by Gasteiger charge is 2.30. The number of sulfonamides is 1. The monoisotopic (exact) mass is 307 g/mol. The van der Waals surface area contributed by atoms with Crippen LogP contribution in [0.5, 0.6) is 0 Å². The minimum Gasteiger partial charge on any atom is -0.339 e. The molecule has 6 nitrogen and oxygen atoms in total. The van der Waals surface area contributed by atoms with E-state index in [1.54, 1.807) is 0 Å². The van der Waals surface area contributed by atoms with Crippen molar-refractivity contribution in [3.63, 3.8) is 0 Å². The molecule has 112 valence electrons. The molecule has 0 radical (unpaired) electrons. The summed E-state index contributed by atoms with van der Waals surface area (Å²) in [6.07, 6.45) is 2.90. The molecular formula is C14H17N3O3S. The predicted octanol–water partition coefficient (Wildman–Crippen LogP) is 1.88. The Labute approximate surface area is 123 Å². The third-order valence-electron chi connectivity index (χ3n) is 3.68. The van der Waals surface area contributed by atoms with Crippen molar-refractivity contribution in [2.75, 3.05) is 19.3 Å². The Morgan fingerprint density at radius 3 is 2.76 bits per heavy atom.